The van der Waals surface area contributed by atoms with Crippen LogP contribution in [0.15, 0.2) is 77.3 Å². The number of methoxy groups -OCH3 is 1. The third-order valence-electron chi connectivity index (χ3n) is 4.80. The van der Waals surface area contributed by atoms with Crippen LogP contribution in [0.5, 0.6) is 5.75 Å². The summed E-state index contributed by atoms with van der Waals surface area (Å²) in [7, 11) is 1.30. The Hall–Kier alpha value is -4.46. The minimum absolute atomic E-state index is 0.000973. The van der Waals surface area contributed by atoms with Crippen LogP contribution in [0.25, 0.3) is 11.4 Å². The fraction of sp³-hybridized carbons (Fsp3) is 0.120. The first-order valence-electron chi connectivity index (χ1n) is 10.1. The zero-order valence-corrected chi connectivity index (χ0v) is 18.1. The SMILES string of the molecule is COC(=O)c1cccc(NC(=O)c2ccccc2OCc2nc(-c3ccc(C)cc3)no2)c1. The van der Waals surface area contributed by atoms with Crippen molar-refractivity contribution in [3.05, 3.63) is 95.4 Å². The van der Waals surface area contributed by atoms with Crippen molar-refractivity contribution < 1.29 is 23.6 Å². The standard InChI is InChI=1S/C25H21N3O5/c1-16-10-12-17(13-11-16)23-27-22(33-28-23)15-32-21-9-4-3-8-20(21)24(29)26-19-7-5-6-18(14-19)25(30)31-2/h3-14H,15H2,1-2H3,(H,26,29). The van der Waals surface area contributed by atoms with Gasteiger partial charge in [0.2, 0.25) is 5.82 Å². The van der Waals surface area contributed by atoms with Gasteiger partial charge in [-0.05, 0) is 37.3 Å². The number of carbonyl (C=O) groups is 2. The Morgan fingerprint density at radius 2 is 1.79 bits per heavy atom. The highest BCUT2D eigenvalue weighted by Crippen LogP contribution is 2.22. The number of hydrogen-bond donors (Lipinski definition) is 1. The Morgan fingerprint density at radius 3 is 2.58 bits per heavy atom. The summed E-state index contributed by atoms with van der Waals surface area (Å²) in [5.74, 6) is 0.226. The van der Waals surface area contributed by atoms with Gasteiger partial charge in [-0.2, -0.15) is 4.98 Å². The van der Waals surface area contributed by atoms with Crippen LogP contribution in [0.3, 0.4) is 0 Å². The van der Waals surface area contributed by atoms with Gasteiger partial charge in [-0.1, -0.05) is 53.2 Å². The van der Waals surface area contributed by atoms with Crippen molar-refractivity contribution in [3.8, 4) is 17.1 Å². The lowest BCUT2D eigenvalue weighted by Gasteiger charge is -2.11. The van der Waals surface area contributed by atoms with E-state index in [9.17, 15) is 9.59 Å². The van der Waals surface area contributed by atoms with Crippen molar-refractivity contribution in [1.29, 1.82) is 0 Å². The molecule has 3 aromatic carbocycles. The fourth-order valence-electron chi connectivity index (χ4n) is 3.09. The Bertz CT molecular complexity index is 1280. The first-order chi connectivity index (χ1) is 16.0. The number of esters is 1. The predicted molar refractivity (Wildman–Crippen MR) is 121 cm³/mol. The molecule has 0 spiro atoms. The van der Waals surface area contributed by atoms with Crippen LogP contribution in [-0.4, -0.2) is 29.1 Å². The van der Waals surface area contributed by atoms with Gasteiger partial charge < -0.3 is 19.3 Å². The fourth-order valence-corrected chi connectivity index (χ4v) is 3.09. The lowest BCUT2D eigenvalue weighted by molar-refractivity contribution is 0.0600. The van der Waals surface area contributed by atoms with Crippen LogP contribution >= 0.6 is 0 Å². The molecule has 0 saturated heterocycles. The number of ether oxygens (including phenoxy) is 2. The van der Waals surface area contributed by atoms with Crippen molar-refractivity contribution in [3.63, 3.8) is 0 Å². The highest BCUT2D eigenvalue weighted by atomic mass is 16.5. The molecule has 0 atom stereocenters. The maximum atomic E-state index is 12.9. The smallest absolute Gasteiger partial charge is 0.337 e. The van der Waals surface area contributed by atoms with Crippen molar-refractivity contribution in [1.82, 2.24) is 10.1 Å². The monoisotopic (exact) mass is 443 g/mol. The van der Waals surface area contributed by atoms with Gasteiger partial charge in [-0.15, -0.1) is 0 Å². The number of para-hydroxylation sites is 1. The summed E-state index contributed by atoms with van der Waals surface area (Å²) in [6.07, 6.45) is 0. The summed E-state index contributed by atoms with van der Waals surface area (Å²) >= 11 is 0. The average molecular weight is 443 g/mol. The van der Waals surface area contributed by atoms with Crippen molar-refractivity contribution in [2.45, 2.75) is 13.5 Å². The van der Waals surface area contributed by atoms with Crippen LogP contribution in [0.1, 0.15) is 32.2 Å². The molecule has 1 aromatic heterocycles. The largest absolute Gasteiger partial charge is 0.483 e. The summed E-state index contributed by atoms with van der Waals surface area (Å²) in [6, 6.07) is 21.1. The summed E-state index contributed by atoms with van der Waals surface area (Å²) in [4.78, 5) is 28.9. The van der Waals surface area contributed by atoms with E-state index >= 15 is 0 Å². The quantitative estimate of drug-likeness (QED) is 0.414. The second-order valence-electron chi connectivity index (χ2n) is 7.19. The lowest BCUT2D eigenvalue weighted by Crippen LogP contribution is -2.14. The molecule has 166 valence electrons. The minimum atomic E-state index is -0.487. The maximum Gasteiger partial charge on any atom is 0.337 e. The zero-order valence-electron chi connectivity index (χ0n) is 18.1. The molecule has 0 aliphatic rings. The minimum Gasteiger partial charge on any atom is -0.483 e. The maximum absolute atomic E-state index is 12.9. The molecule has 0 aliphatic carbocycles. The van der Waals surface area contributed by atoms with Gasteiger partial charge >= 0.3 is 5.97 Å². The molecule has 8 nitrogen and oxygen atoms in total. The molecule has 1 amide bonds. The Labute approximate surface area is 190 Å². The van der Waals surface area contributed by atoms with Crippen LogP contribution < -0.4 is 10.1 Å². The molecule has 1 heterocycles. The summed E-state index contributed by atoms with van der Waals surface area (Å²) in [5, 5.41) is 6.76. The number of rotatable bonds is 7. The van der Waals surface area contributed by atoms with E-state index in [2.05, 4.69) is 15.5 Å². The van der Waals surface area contributed by atoms with Gasteiger partial charge in [-0.3, -0.25) is 4.79 Å². The Balaban J connectivity index is 1.45. The molecule has 0 saturated carbocycles. The van der Waals surface area contributed by atoms with Crippen LogP contribution in [0.4, 0.5) is 5.69 Å². The molecule has 8 heteroatoms. The Kier molecular flexibility index (Phi) is 6.45. The van der Waals surface area contributed by atoms with E-state index in [4.69, 9.17) is 14.0 Å². The van der Waals surface area contributed by atoms with E-state index in [1.54, 1.807) is 42.5 Å². The highest BCUT2D eigenvalue weighted by molar-refractivity contribution is 6.06. The number of anilines is 1. The van der Waals surface area contributed by atoms with E-state index in [1.807, 2.05) is 31.2 Å². The van der Waals surface area contributed by atoms with Crippen LogP contribution in [-0.2, 0) is 11.3 Å². The molecule has 0 unspecified atom stereocenters. The summed E-state index contributed by atoms with van der Waals surface area (Å²) in [6.45, 7) is 2.00. The summed E-state index contributed by atoms with van der Waals surface area (Å²) < 4.78 is 15.8. The third kappa shape index (κ3) is 5.24. The number of nitrogens with zero attached hydrogens (tertiary/aromatic N) is 2. The first kappa shape index (κ1) is 21.8. The Morgan fingerprint density at radius 1 is 1.00 bits per heavy atom. The predicted octanol–water partition coefficient (Wildman–Crippen LogP) is 4.66. The van der Waals surface area contributed by atoms with E-state index in [-0.39, 0.29) is 12.5 Å². The van der Waals surface area contributed by atoms with Crippen molar-refractivity contribution in [2.75, 3.05) is 12.4 Å². The second kappa shape index (κ2) is 9.78. The van der Waals surface area contributed by atoms with Crippen molar-refractivity contribution in [2.24, 2.45) is 0 Å². The highest BCUT2D eigenvalue weighted by Gasteiger charge is 2.15. The van der Waals surface area contributed by atoms with E-state index in [0.29, 0.717) is 28.4 Å². The van der Waals surface area contributed by atoms with E-state index < -0.39 is 11.9 Å². The number of aryl methyl sites for hydroxylation is 1. The van der Waals surface area contributed by atoms with Gasteiger partial charge in [0.25, 0.3) is 11.8 Å². The molecule has 1 N–H and O–H groups in total. The van der Waals surface area contributed by atoms with Crippen LogP contribution in [0, 0.1) is 6.92 Å². The average Bonchev–Trinajstić information content (AvgIpc) is 3.32. The first-order valence-corrected chi connectivity index (χ1v) is 10.1. The zero-order chi connectivity index (χ0) is 23.2. The van der Waals surface area contributed by atoms with Crippen LogP contribution in [0.2, 0.25) is 0 Å². The molecule has 0 fully saturated rings. The molecular weight excluding hydrogens is 422 g/mol. The topological polar surface area (TPSA) is 104 Å². The van der Waals surface area contributed by atoms with Gasteiger partial charge in [0.1, 0.15) is 5.75 Å². The molecular formula is C25H21N3O5. The number of amides is 1. The number of aromatic nitrogens is 2. The normalized spacial score (nSPS) is 10.5. The molecule has 0 radical (unpaired) electrons. The van der Waals surface area contributed by atoms with E-state index in [1.165, 1.54) is 13.2 Å². The number of hydrogen-bond acceptors (Lipinski definition) is 7. The molecule has 4 rings (SSSR count). The van der Waals surface area contributed by atoms with Gasteiger partial charge in [0.15, 0.2) is 6.61 Å². The summed E-state index contributed by atoms with van der Waals surface area (Å²) in [5.41, 5.74) is 3.08. The molecule has 33 heavy (non-hydrogen) atoms. The third-order valence-corrected chi connectivity index (χ3v) is 4.80. The van der Waals surface area contributed by atoms with E-state index in [0.717, 1.165) is 11.1 Å². The number of carbonyl (C=O) groups excluding carboxylic acids is 2. The lowest BCUT2D eigenvalue weighted by atomic mass is 10.1. The number of benzene rings is 3. The van der Waals surface area contributed by atoms with Crippen molar-refractivity contribution >= 4 is 17.6 Å². The molecule has 4 aromatic rings. The van der Waals surface area contributed by atoms with Gasteiger partial charge in [-0.25, -0.2) is 4.79 Å². The number of nitrogens with one attached hydrogen (secondary N) is 1. The van der Waals surface area contributed by atoms with Gasteiger partial charge in [0, 0.05) is 11.3 Å². The molecule has 0 aliphatic heterocycles. The van der Waals surface area contributed by atoms with Gasteiger partial charge in [0.05, 0.1) is 18.2 Å². The molecule has 0 bridgehead atoms. The second-order valence-corrected chi connectivity index (χ2v) is 7.19.